The lowest BCUT2D eigenvalue weighted by Gasteiger charge is -2.25. The number of aromatic nitrogens is 4. The molecule has 0 spiro atoms. The predicted octanol–water partition coefficient (Wildman–Crippen LogP) is 4.81. The minimum atomic E-state index is -0.207. The zero-order valence-electron chi connectivity index (χ0n) is 19.8. The summed E-state index contributed by atoms with van der Waals surface area (Å²) in [5, 5.41) is 0. The summed E-state index contributed by atoms with van der Waals surface area (Å²) >= 11 is 0. The van der Waals surface area contributed by atoms with Gasteiger partial charge in [0.2, 0.25) is 5.88 Å². The fourth-order valence-electron chi connectivity index (χ4n) is 4.40. The lowest BCUT2D eigenvalue weighted by atomic mass is 10.1. The average molecular weight is 470 g/mol. The molecular weight excluding hydrogens is 442 g/mol. The van der Waals surface area contributed by atoms with E-state index in [1.807, 2.05) is 71.1 Å². The molecule has 0 saturated carbocycles. The molecule has 0 radical (unpaired) electrons. The van der Waals surface area contributed by atoms with E-state index >= 15 is 0 Å². The van der Waals surface area contributed by atoms with Crippen LogP contribution >= 0.6 is 0 Å². The first-order chi connectivity index (χ1) is 17.1. The van der Waals surface area contributed by atoms with E-state index in [2.05, 4.69) is 9.97 Å². The Morgan fingerprint density at radius 3 is 2.66 bits per heavy atom. The highest BCUT2D eigenvalue weighted by atomic mass is 16.5. The van der Waals surface area contributed by atoms with E-state index in [4.69, 9.17) is 14.5 Å². The molecule has 1 fully saturated rings. The van der Waals surface area contributed by atoms with Crippen molar-refractivity contribution >= 4 is 5.91 Å². The predicted molar refractivity (Wildman–Crippen MR) is 131 cm³/mol. The van der Waals surface area contributed by atoms with Gasteiger partial charge in [0.15, 0.2) is 5.82 Å². The molecule has 4 aromatic rings. The molecular formula is C27H27N5O3. The van der Waals surface area contributed by atoms with Gasteiger partial charge in [0, 0.05) is 42.8 Å². The Morgan fingerprint density at radius 2 is 1.89 bits per heavy atom. The third-order valence-corrected chi connectivity index (χ3v) is 6.10. The highest BCUT2D eigenvalue weighted by molar-refractivity contribution is 5.96. The Morgan fingerprint density at radius 1 is 1.09 bits per heavy atom. The monoisotopic (exact) mass is 469 g/mol. The van der Waals surface area contributed by atoms with Gasteiger partial charge in [-0.25, -0.2) is 9.97 Å². The van der Waals surface area contributed by atoms with Gasteiger partial charge in [-0.15, -0.1) is 0 Å². The Balaban J connectivity index is 1.39. The van der Waals surface area contributed by atoms with Gasteiger partial charge in [-0.2, -0.15) is 4.98 Å². The lowest BCUT2D eigenvalue weighted by molar-refractivity contribution is 0.0728. The molecule has 8 nitrogen and oxygen atoms in total. The molecule has 8 heteroatoms. The lowest BCUT2D eigenvalue weighted by Crippen LogP contribution is -2.32. The van der Waals surface area contributed by atoms with Crippen molar-refractivity contribution in [2.24, 2.45) is 0 Å². The fraction of sp³-hybridized carbons (Fsp3) is 0.259. The van der Waals surface area contributed by atoms with E-state index in [1.165, 1.54) is 0 Å². The summed E-state index contributed by atoms with van der Waals surface area (Å²) in [6, 6.07) is 16.7. The van der Waals surface area contributed by atoms with Crippen molar-refractivity contribution in [3.05, 3.63) is 96.0 Å². The van der Waals surface area contributed by atoms with Crippen molar-refractivity contribution in [3.8, 4) is 17.4 Å². The average Bonchev–Trinajstić information content (AvgIpc) is 3.57. The Labute approximate surface area is 204 Å². The molecule has 0 N–H and O–H groups in total. The van der Waals surface area contributed by atoms with Gasteiger partial charge in [0.1, 0.15) is 11.5 Å². The number of methoxy groups -OCH3 is 1. The summed E-state index contributed by atoms with van der Waals surface area (Å²) in [7, 11) is 1.63. The first kappa shape index (κ1) is 22.6. The minimum Gasteiger partial charge on any atom is -0.497 e. The fourth-order valence-corrected chi connectivity index (χ4v) is 4.40. The number of hydrogen-bond acceptors (Lipinski definition) is 6. The number of aryl methyl sites for hydroxylation is 1. The third kappa shape index (κ3) is 5.01. The van der Waals surface area contributed by atoms with Crippen LogP contribution in [-0.4, -0.2) is 44.0 Å². The maximum Gasteiger partial charge on any atom is 0.254 e. The van der Waals surface area contributed by atoms with Crippen molar-refractivity contribution in [1.82, 2.24) is 24.4 Å². The van der Waals surface area contributed by atoms with Crippen LogP contribution in [0.2, 0.25) is 0 Å². The molecule has 35 heavy (non-hydrogen) atoms. The van der Waals surface area contributed by atoms with Crippen LogP contribution in [0.3, 0.4) is 0 Å². The number of nitrogens with zero attached hydrogens (tertiary/aromatic N) is 5. The maximum atomic E-state index is 13.7. The molecule has 1 saturated heterocycles. The summed E-state index contributed by atoms with van der Waals surface area (Å²) in [6.45, 7) is 3.16. The van der Waals surface area contributed by atoms with E-state index in [-0.39, 0.29) is 11.9 Å². The standard InChI is InChI=1S/C27H27N5O3/c1-19-16-25(35-22-11-9-21(34-2)10-12-22)30-26(29-19)24-8-5-14-32(24)27(33)23-7-4-3-6-20(23)17-31-15-13-28-18-31/h3-4,6-7,9-13,15-16,18,24H,5,8,14,17H2,1-2H3. The van der Waals surface area contributed by atoms with Gasteiger partial charge in [-0.3, -0.25) is 4.79 Å². The number of carbonyl (C=O) groups is 1. The van der Waals surface area contributed by atoms with Gasteiger partial charge < -0.3 is 18.9 Å². The molecule has 3 heterocycles. The van der Waals surface area contributed by atoms with Crippen molar-refractivity contribution < 1.29 is 14.3 Å². The number of benzene rings is 2. The summed E-state index contributed by atoms with van der Waals surface area (Å²) in [5.41, 5.74) is 2.43. The number of ether oxygens (including phenoxy) is 2. The van der Waals surface area contributed by atoms with Crippen LogP contribution in [0.15, 0.2) is 73.3 Å². The second-order valence-corrected chi connectivity index (χ2v) is 8.53. The molecule has 1 aliphatic rings. The molecule has 1 amide bonds. The second kappa shape index (κ2) is 9.97. The van der Waals surface area contributed by atoms with Crippen LogP contribution in [0.1, 0.15) is 46.3 Å². The number of hydrogen-bond donors (Lipinski definition) is 0. The van der Waals surface area contributed by atoms with Gasteiger partial charge in [0.25, 0.3) is 5.91 Å². The normalized spacial score (nSPS) is 15.3. The first-order valence-corrected chi connectivity index (χ1v) is 11.6. The summed E-state index contributed by atoms with van der Waals surface area (Å²) in [4.78, 5) is 29.1. The summed E-state index contributed by atoms with van der Waals surface area (Å²) in [5.74, 6) is 2.46. The molecule has 178 valence electrons. The van der Waals surface area contributed by atoms with E-state index in [9.17, 15) is 4.79 Å². The van der Waals surface area contributed by atoms with Crippen molar-refractivity contribution in [1.29, 1.82) is 0 Å². The molecule has 1 atom stereocenters. The first-order valence-electron chi connectivity index (χ1n) is 11.6. The van der Waals surface area contributed by atoms with Gasteiger partial charge in [-0.1, -0.05) is 18.2 Å². The second-order valence-electron chi connectivity index (χ2n) is 8.53. The third-order valence-electron chi connectivity index (χ3n) is 6.10. The van der Waals surface area contributed by atoms with Crippen LogP contribution in [0.5, 0.6) is 17.4 Å². The molecule has 2 aromatic carbocycles. The smallest absolute Gasteiger partial charge is 0.254 e. The summed E-state index contributed by atoms with van der Waals surface area (Å²) < 4.78 is 13.2. The van der Waals surface area contributed by atoms with Crippen LogP contribution < -0.4 is 9.47 Å². The van der Waals surface area contributed by atoms with Crippen LogP contribution in [0.4, 0.5) is 0 Å². The molecule has 2 aromatic heterocycles. The number of rotatable bonds is 7. The SMILES string of the molecule is COc1ccc(Oc2cc(C)nc(C3CCCN3C(=O)c3ccccc3Cn3ccnc3)n2)cc1. The van der Waals surface area contributed by atoms with Crippen molar-refractivity contribution in [3.63, 3.8) is 0 Å². The topological polar surface area (TPSA) is 82.4 Å². The van der Waals surface area contributed by atoms with E-state index in [0.717, 1.165) is 29.8 Å². The number of imidazole rings is 1. The Hall–Kier alpha value is -4.20. The van der Waals surface area contributed by atoms with Gasteiger partial charge >= 0.3 is 0 Å². The Bertz CT molecular complexity index is 1300. The van der Waals surface area contributed by atoms with Crippen LogP contribution in [0.25, 0.3) is 0 Å². The molecule has 5 rings (SSSR count). The molecule has 0 aliphatic carbocycles. The Kier molecular flexibility index (Phi) is 6.43. The zero-order chi connectivity index (χ0) is 24.2. The largest absolute Gasteiger partial charge is 0.497 e. The zero-order valence-corrected chi connectivity index (χ0v) is 19.8. The molecule has 1 unspecified atom stereocenters. The summed E-state index contributed by atoms with van der Waals surface area (Å²) in [6.07, 6.45) is 7.09. The van der Waals surface area contributed by atoms with E-state index < -0.39 is 0 Å². The van der Waals surface area contributed by atoms with Crippen molar-refractivity contribution in [2.45, 2.75) is 32.4 Å². The highest BCUT2D eigenvalue weighted by Gasteiger charge is 2.33. The number of carbonyl (C=O) groups excluding carboxylic acids is 1. The van der Waals surface area contributed by atoms with Crippen molar-refractivity contribution in [2.75, 3.05) is 13.7 Å². The quantitative estimate of drug-likeness (QED) is 0.386. The maximum absolute atomic E-state index is 13.7. The number of amides is 1. The van der Waals surface area contributed by atoms with E-state index in [0.29, 0.717) is 36.1 Å². The van der Waals surface area contributed by atoms with Crippen LogP contribution in [0, 0.1) is 6.92 Å². The van der Waals surface area contributed by atoms with Gasteiger partial charge in [0.05, 0.1) is 19.5 Å². The van der Waals surface area contributed by atoms with Gasteiger partial charge in [-0.05, 0) is 55.7 Å². The highest BCUT2D eigenvalue weighted by Crippen LogP contribution is 2.33. The molecule has 1 aliphatic heterocycles. The van der Waals surface area contributed by atoms with Crippen LogP contribution in [-0.2, 0) is 6.54 Å². The minimum absolute atomic E-state index is 0.00839. The molecule has 0 bridgehead atoms. The number of likely N-dealkylation sites (tertiary alicyclic amines) is 1. The van der Waals surface area contributed by atoms with E-state index in [1.54, 1.807) is 25.7 Å².